The van der Waals surface area contributed by atoms with Gasteiger partial charge in [0.25, 0.3) is 10.0 Å². The van der Waals surface area contributed by atoms with Gasteiger partial charge in [-0.25, -0.2) is 8.42 Å². The van der Waals surface area contributed by atoms with Gasteiger partial charge in [-0.05, 0) is 53.8 Å². The van der Waals surface area contributed by atoms with Crippen LogP contribution in [0.2, 0.25) is 5.02 Å². The lowest BCUT2D eigenvalue weighted by molar-refractivity contribution is 0.104. The summed E-state index contributed by atoms with van der Waals surface area (Å²) >= 11 is 7.17. The summed E-state index contributed by atoms with van der Waals surface area (Å²) in [6.45, 7) is 1.99. The number of thiophene rings is 1. The van der Waals surface area contributed by atoms with Crippen molar-refractivity contribution in [1.82, 2.24) is 0 Å². The van der Waals surface area contributed by atoms with Crippen molar-refractivity contribution in [3.63, 3.8) is 0 Å². The molecule has 0 bridgehead atoms. The van der Waals surface area contributed by atoms with Crippen LogP contribution in [0.5, 0.6) is 5.75 Å². The number of hydrogen-bond donors (Lipinski definition) is 1. The normalized spacial score (nSPS) is 16.3. The highest BCUT2D eigenvalue weighted by atomic mass is 35.5. The maximum Gasteiger partial charge on any atom is 0.270 e. The molecular weight excluding hydrogens is 456 g/mol. The molecule has 6 nitrogen and oxygen atoms in total. The van der Waals surface area contributed by atoms with Crippen LogP contribution in [-0.2, 0) is 16.6 Å². The Morgan fingerprint density at radius 3 is 2.61 bits per heavy atom. The van der Waals surface area contributed by atoms with Crippen molar-refractivity contribution < 1.29 is 17.9 Å². The number of rotatable bonds is 5. The van der Waals surface area contributed by atoms with Gasteiger partial charge in [0.1, 0.15) is 10.6 Å². The minimum absolute atomic E-state index is 0.0849. The van der Waals surface area contributed by atoms with Gasteiger partial charge in [0.15, 0.2) is 4.91 Å². The highest BCUT2D eigenvalue weighted by Gasteiger charge is 2.41. The highest BCUT2D eigenvalue weighted by molar-refractivity contribution is 7.97. The molecule has 0 radical (unpaired) electrons. The van der Waals surface area contributed by atoms with Crippen LogP contribution in [0.25, 0.3) is 0 Å². The minimum atomic E-state index is -4.09. The van der Waals surface area contributed by atoms with E-state index >= 15 is 0 Å². The third-order valence-electron chi connectivity index (χ3n) is 4.86. The van der Waals surface area contributed by atoms with E-state index in [9.17, 15) is 13.2 Å². The summed E-state index contributed by atoms with van der Waals surface area (Å²) in [6, 6.07) is 14.1. The number of carbonyl (C=O) groups is 1. The van der Waals surface area contributed by atoms with Gasteiger partial charge in [-0.2, -0.15) is 0 Å². The number of anilines is 2. The van der Waals surface area contributed by atoms with Crippen molar-refractivity contribution in [1.29, 1.82) is 0 Å². The molecule has 0 saturated carbocycles. The summed E-state index contributed by atoms with van der Waals surface area (Å²) in [5, 5.41) is 5.23. The number of sulfonamides is 1. The van der Waals surface area contributed by atoms with Gasteiger partial charge in [0.2, 0.25) is 5.78 Å². The number of aryl methyl sites for hydroxylation is 1. The number of fused-ring (bicyclic) bond motifs is 1. The highest BCUT2D eigenvalue weighted by Crippen LogP contribution is 2.39. The molecule has 1 aliphatic heterocycles. The van der Waals surface area contributed by atoms with Crippen LogP contribution in [-0.4, -0.2) is 21.3 Å². The first-order chi connectivity index (χ1) is 14.8. The summed E-state index contributed by atoms with van der Waals surface area (Å²) in [7, 11) is -2.56. The van der Waals surface area contributed by atoms with E-state index in [4.69, 9.17) is 16.3 Å². The Hall–Kier alpha value is -2.81. The Balaban J connectivity index is 1.75. The quantitative estimate of drug-likeness (QED) is 0.514. The van der Waals surface area contributed by atoms with Crippen molar-refractivity contribution >= 4 is 50.1 Å². The number of nitrogens with one attached hydrogen (secondary N) is 1. The molecule has 3 aromatic rings. The van der Waals surface area contributed by atoms with E-state index in [-0.39, 0.29) is 11.4 Å². The van der Waals surface area contributed by atoms with E-state index in [1.165, 1.54) is 29.0 Å². The summed E-state index contributed by atoms with van der Waals surface area (Å²) in [6.07, 6.45) is 1.24. The molecule has 0 fully saturated rings. The van der Waals surface area contributed by atoms with Crippen LogP contribution in [0.4, 0.5) is 11.4 Å². The average Bonchev–Trinajstić information content (AvgIpc) is 3.22. The Labute approximate surface area is 189 Å². The van der Waals surface area contributed by atoms with Gasteiger partial charge >= 0.3 is 0 Å². The molecule has 0 aliphatic carbocycles. The van der Waals surface area contributed by atoms with Crippen LogP contribution in [0.1, 0.15) is 20.8 Å². The maximum absolute atomic E-state index is 13.4. The van der Waals surface area contributed by atoms with E-state index in [1.807, 2.05) is 19.1 Å². The van der Waals surface area contributed by atoms with Gasteiger partial charge in [-0.3, -0.25) is 9.10 Å². The van der Waals surface area contributed by atoms with Crippen LogP contribution >= 0.6 is 22.9 Å². The fourth-order valence-electron chi connectivity index (χ4n) is 3.29. The monoisotopic (exact) mass is 474 g/mol. The summed E-state index contributed by atoms with van der Waals surface area (Å²) in [5.41, 5.74) is 2.67. The Morgan fingerprint density at radius 1 is 1.16 bits per heavy atom. The van der Waals surface area contributed by atoms with Crippen molar-refractivity contribution in [2.45, 2.75) is 13.5 Å². The molecule has 0 amide bonds. The van der Waals surface area contributed by atoms with Crippen molar-refractivity contribution in [3.05, 3.63) is 86.0 Å². The molecule has 1 aliphatic rings. The topological polar surface area (TPSA) is 75.7 Å². The lowest BCUT2D eigenvalue weighted by atomic mass is 10.2. The molecule has 31 heavy (non-hydrogen) atoms. The zero-order chi connectivity index (χ0) is 22.2. The smallest absolute Gasteiger partial charge is 0.270 e. The predicted molar refractivity (Wildman–Crippen MR) is 125 cm³/mol. The zero-order valence-corrected chi connectivity index (χ0v) is 19.1. The molecule has 160 valence electrons. The fraction of sp³-hybridized carbons (Fsp3) is 0.136. The van der Waals surface area contributed by atoms with Gasteiger partial charge in [0, 0.05) is 11.2 Å². The number of ketones is 1. The van der Waals surface area contributed by atoms with E-state index in [2.05, 4.69) is 5.32 Å². The van der Waals surface area contributed by atoms with Crippen LogP contribution in [0.3, 0.4) is 0 Å². The first kappa shape index (κ1) is 21.4. The fourth-order valence-corrected chi connectivity index (χ4v) is 5.90. The SMILES string of the molecule is COc1ccc(C)cc1N/C=C1/C(=O)c2sccc2N(Cc2ccc(Cl)cc2)S1(=O)=O. The number of nitrogens with zero attached hydrogens (tertiary/aromatic N) is 1. The Morgan fingerprint density at radius 2 is 1.90 bits per heavy atom. The lowest BCUT2D eigenvalue weighted by Gasteiger charge is -2.29. The zero-order valence-electron chi connectivity index (χ0n) is 16.8. The third-order valence-corrected chi connectivity index (χ3v) is 7.78. The second kappa shape index (κ2) is 8.37. The Bertz CT molecular complexity index is 1280. The van der Waals surface area contributed by atoms with E-state index in [1.54, 1.807) is 41.8 Å². The van der Waals surface area contributed by atoms with Gasteiger partial charge in [-0.15, -0.1) is 11.3 Å². The van der Waals surface area contributed by atoms with Gasteiger partial charge in [-0.1, -0.05) is 29.8 Å². The van der Waals surface area contributed by atoms with Gasteiger partial charge in [0.05, 0.1) is 25.0 Å². The average molecular weight is 475 g/mol. The van der Waals surface area contributed by atoms with Crippen molar-refractivity contribution in [3.8, 4) is 5.75 Å². The molecule has 1 aromatic heterocycles. The summed E-state index contributed by atoms with van der Waals surface area (Å²) < 4.78 is 33.5. The number of methoxy groups -OCH3 is 1. The molecule has 1 N–H and O–H groups in total. The molecular formula is C22H19ClN2O4S2. The molecule has 4 rings (SSSR count). The number of hydrogen-bond acceptors (Lipinski definition) is 6. The second-order valence-electron chi connectivity index (χ2n) is 6.96. The molecule has 9 heteroatoms. The summed E-state index contributed by atoms with van der Waals surface area (Å²) in [5.74, 6) is 0.00872. The molecule has 0 unspecified atom stereocenters. The number of benzene rings is 2. The van der Waals surface area contributed by atoms with Crippen LogP contribution in [0, 0.1) is 6.92 Å². The number of Topliss-reactive ketones (excluding diaryl/α,β-unsaturated/α-hetero) is 1. The molecule has 2 heterocycles. The van der Waals surface area contributed by atoms with E-state index < -0.39 is 15.8 Å². The van der Waals surface area contributed by atoms with Crippen molar-refractivity contribution in [2.24, 2.45) is 0 Å². The van der Waals surface area contributed by atoms with E-state index in [0.717, 1.165) is 11.1 Å². The third kappa shape index (κ3) is 4.06. The first-order valence-electron chi connectivity index (χ1n) is 9.32. The van der Waals surface area contributed by atoms with Crippen molar-refractivity contribution in [2.75, 3.05) is 16.7 Å². The molecule has 2 aromatic carbocycles. The number of halogens is 1. The maximum atomic E-state index is 13.4. The summed E-state index contributed by atoms with van der Waals surface area (Å²) in [4.78, 5) is 13.1. The second-order valence-corrected chi connectivity index (χ2v) is 10.1. The minimum Gasteiger partial charge on any atom is -0.495 e. The Kier molecular flexibility index (Phi) is 5.79. The van der Waals surface area contributed by atoms with Gasteiger partial charge < -0.3 is 10.1 Å². The standard InChI is InChI=1S/C22H19ClN2O4S2/c1-14-3-8-19(29-2)17(11-14)24-12-20-21(26)22-18(9-10-30-22)25(31(20,27)28)13-15-4-6-16(23)7-5-15/h3-12,24H,13H2,1-2H3/b20-12-. The molecule has 0 spiro atoms. The van der Waals surface area contributed by atoms with Crippen LogP contribution < -0.4 is 14.4 Å². The number of allylic oxidation sites excluding steroid dienone is 1. The first-order valence-corrected chi connectivity index (χ1v) is 12.0. The van der Waals surface area contributed by atoms with Crippen LogP contribution in [0.15, 0.2) is 65.0 Å². The molecule has 0 saturated heterocycles. The molecule has 0 atom stereocenters. The largest absolute Gasteiger partial charge is 0.495 e. The predicted octanol–water partition coefficient (Wildman–Crippen LogP) is 5.20. The lowest BCUT2D eigenvalue weighted by Crippen LogP contribution is -2.38. The van der Waals surface area contributed by atoms with E-state index in [0.29, 0.717) is 27.0 Å². The number of ether oxygens (including phenoxy) is 1. The number of carbonyl (C=O) groups excluding carboxylic acids is 1.